The lowest BCUT2D eigenvalue weighted by Crippen LogP contribution is -2.48. The quantitative estimate of drug-likeness (QED) is 0.378. The van der Waals surface area contributed by atoms with Crippen LogP contribution in [0.15, 0.2) is 30.3 Å². The van der Waals surface area contributed by atoms with Gasteiger partial charge in [-0.1, -0.05) is 30.3 Å². The van der Waals surface area contributed by atoms with Gasteiger partial charge in [0.2, 0.25) is 0 Å². The van der Waals surface area contributed by atoms with Crippen LogP contribution < -0.4 is 0 Å². The van der Waals surface area contributed by atoms with Gasteiger partial charge in [-0.2, -0.15) is 22.0 Å². The van der Waals surface area contributed by atoms with Crippen LogP contribution in [-0.4, -0.2) is 73.0 Å². The van der Waals surface area contributed by atoms with Crippen molar-refractivity contribution in [2.24, 2.45) is 0 Å². The van der Waals surface area contributed by atoms with E-state index in [2.05, 4.69) is 9.64 Å². The van der Waals surface area contributed by atoms with Crippen molar-refractivity contribution in [3.05, 3.63) is 35.9 Å². The van der Waals surface area contributed by atoms with Crippen LogP contribution in [0.3, 0.4) is 0 Å². The molecule has 3 fully saturated rings. The van der Waals surface area contributed by atoms with Gasteiger partial charge in [0.25, 0.3) is 0 Å². The molecule has 6 atom stereocenters. The number of alkyl halides is 5. The third-order valence-corrected chi connectivity index (χ3v) is 6.14. The number of hydrogen-bond donors (Lipinski definition) is 0. The van der Waals surface area contributed by atoms with Gasteiger partial charge in [-0.25, -0.2) is 4.79 Å². The summed E-state index contributed by atoms with van der Waals surface area (Å²) in [7, 11) is 1.97. The Morgan fingerprint density at radius 2 is 1.68 bits per heavy atom. The Morgan fingerprint density at radius 1 is 1.10 bits per heavy atom. The van der Waals surface area contributed by atoms with Gasteiger partial charge in [0.1, 0.15) is 30.8 Å². The number of morpholine rings is 1. The van der Waals surface area contributed by atoms with Crippen molar-refractivity contribution in [2.75, 3.05) is 13.7 Å². The Labute approximate surface area is 174 Å². The van der Waals surface area contributed by atoms with E-state index in [9.17, 15) is 31.5 Å². The van der Waals surface area contributed by atoms with Crippen molar-refractivity contribution in [3.63, 3.8) is 0 Å². The number of carbonyl (C=O) groups excluding carboxylic acids is 2. The molecule has 3 heterocycles. The molecule has 0 radical (unpaired) electrons. The topological polar surface area (TPSA) is 68.4 Å². The minimum absolute atomic E-state index is 0.0973. The van der Waals surface area contributed by atoms with E-state index in [1.54, 1.807) is 18.2 Å². The van der Waals surface area contributed by atoms with Crippen molar-refractivity contribution in [2.45, 2.75) is 61.3 Å². The molecule has 11 heteroatoms. The predicted octanol–water partition coefficient (Wildman–Crippen LogP) is 2.67. The molecule has 3 aliphatic heterocycles. The van der Waals surface area contributed by atoms with Crippen LogP contribution in [-0.2, 0) is 23.8 Å². The van der Waals surface area contributed by atoms with Crippen LogP contribution in [0.2, 0.25) is 0 Å². The lowest BCUT2D eigenvalue weighted by molar-refractivity contribution is -0.280. The fourth-order valence-electron chi connectivity index (χ4n) is 4.39. The van der Waals surface area contributed by atoms with Crippen molar-refractivity contribution in [1.29, 1.82) is 0 Å². The van der Waals surface area contributed by atoms with E-state index in [4.69, 9.17) is 9.47 Å². The van der Waals surface area contributed by atoms with Gasteiger partial charge in [0, 0.05) is 24.9 Å². The second-order valence-electron chi connectivity index (χ2n) is 8.03. The summed E-state index contributed by atoms with van der Waals surface area (Å²) in [5, 5.41) is 0. The van der Waals surface area contributed by atoms with E-state index < -0.39 is 42.7 Å². The van der Waals surface area contributed by atoms with Gasteiger partial charge in [-0.3, -0.25) is 9.69 Å². The molecule has 0 amide bonds. The molecule has 2 bridgehead atoms. The highest BCUT2D eigenvalue weighted by Gasteiger charge is 2.65. The maximum absolute atomic E-state index is 13.2. The lowest BCUT2D eigenvalue weighted by Gasteiger charge is -2.38. The standard InChI is InChI=1S/C20H20F5NO5/c1-26-13-7-11(8-14(26)16-15(13)31-16)30-17(27)12(10-5-3-2-4-6-10)9-29-18(28)19(21,22)20(23,24)25/h2-6,11-16H,7-9H2,1H3/t11?,12-,13-,14+,15+,16-/m1/s1. The second kappa shape index (κ2) is 7.70. The monoisotopic (exact) mass is 449 g/mol. The molecule has 3 aliphatic rings. The van der Waals surface area contributed by atoms with Crippen LogP contribution in [0, 0.1) is 0 Å². The number of halogens is 5. The molecule has 170 valence electrons. The van der Waals surface area contributed by atoms with Gasteiger partial charge in [-0.15, -0.1) is 0 Å². The molecule has 31 heavy (non-hydrogen) atoms. The summed E-state index contributed by atoms with van der Waals surface area (Å²) in [5.41, 5.74) is 0.276. The number of nitrogens with zero attached hydrogens (tertiary/aromatic N) is 1. The molecule has 1 aromatic carbocycles. The molecule has 1 unspecified atom stereocenters. The summed E-state index contributed by atoms with van der Waals surface area (Å²) in [6.07, 6.45) is -5.29. The number of ether oxygens (including phenoxy) is 3. The van der Waals surface area contributed by atoms with Gasteiger partial charge in [0.15, 0.2) is 0 Å². The first-order chi connectivity index (χ1) is 14.5. The number of epoxide rings is 1. The SMILES string of the molecule is CN1[C@@H]2CC(OC(=O)[C@H](COC(=O)C(F)(F)C(F)(F)F)c3ccccc3)C[C@H]1[C@H]1O[C@H]12. The first kappa shape index (κ1) is 21.9. The van der Waals surface area contributed by atoms with Gasteiger partial charge >= 0.3 is 24.0 Å². The number of likely N-dealkylation sites (N-methyl/N-ethyl adjacent to an activating group) is 1. The van der Waals surface area contributed by atoms with E-state index in [1.165, 1.54) is 12.1 Å². The third-order valence-electron chi connectivity index (χ3n) is 6.14. The van der Waals surface area contributed by atoms with E-state index in [-0.39, 0.29) is 29.9 Å². The average Bonchev–Trinajstić information content (AvgIpc) is 3.46. The molecule has 0 aromatic heterocycles. The summed E-state index contributed by atoms with van der Waals surface area (Å²) in [6, 6.07) is 7.90. The van der Waals surface area contributed by atoms with E-state index in [0.29, 0.717) is 12.8 Å². The Balaban J connectivity index is 1.43. The van der Waals surface area contributed by atoms with Crippen molar-refractivity contribution in [3.8, 4) is 0 Å². The van der Waals surface area contributed by atoms with Crippen molar-refractivity contribution >= 4 is 11.9 Å². The highest BCUT2D eigenvalue weighted by Crippen LogP contribution is 2.48. The summed E-state index contributed by atoms with van der Waals surface area (Å²) >= 11 is 0. The van der Waals surface area contributed by atoms with E-state index in [0.717, 1.165) is 0 Å². The zero-order chi connectivity index (χ0) is 22.6. The molecular weight excluding hydrogens is 429 g/mol. The number of rotatable bonds is 6. The first-order valence-electron chi connectivity index (χ1n) is 9.75. The number of fused-ring (bicyclic) bond motifs is 5. The van der Waals surface area contributed by atoms with Gasteiger partial charge in [-0.05, 0) is 12.6 Å². The molecule has 3 saturated heterocycles. The molecule has 0 N–H and O–H groups in total. The highest BCUT2D eigenvalue weighted by atomic mass is 19.4. The number of hydrogen-bond acceptors (Lipinski definition) is 6. The van der Waals surface area contributed by atoms with Crippen LogP contribution in [0.1, 0.15) is 24.3 Å². The van der Waals surface area contributed by atoms with Gasteiger partial charge < -0.3 is 14.2 Å². The normalized spacial score (nSPS) is 31.0. The fraction of sp³-hybridized carbons (Fsp3) is 0.600. The summed E-state index contributed by atoms with van der Waals surface area (Å²) < 4.78 is 78.9. The van der Waals surface area contributed by atoms with Crippen LogP contribution >= 0.6 is 0 Å². The smallest absolute Gasteiger partial charge is 0.462 e. The Morgan fingerprint density at radius 3 is 2.23 bits per heavy atom. The fourth-order valence-corrected chi connectivity index (χ4v) is 4.39. The van der Waals surface area contributed by atoms with Crippen LogP contribution in [0.5, 0.6) is 0 Å². The number of esters is 2. The Hall–Kier alpha value is -2.27. The van der Waals surface area contributed by atoms with Crippen molar-refractivity contribution in [1.82, 2.24) is 4.90 Å². The Bertz CT molecular complexity index is 830. The first-order valence-corrected chi connectivity index (χ1v) is 9.75. The zero-order valence-electron chi connectivity index (χ0n) is 16.4. The molecular formula is C20H20F5NO5. The van der Waals surface area contributed by atoms with Gasteiger partial charge in [0.05, 0.1) is 0 Å². The molecule has 0 saturated carbocycles. The molecule has 0 spiro atoms. The molecule has 6 nitrogen and oxygen atoms in total. The molecule has 1 aromatic rings. The second-order valence-corrected chi connectivity index (χ2v) is 8.03. The maximum atomic E-state index is 13.2. The summed E-state index contributed by atoms with van der Waals surface area (Å²) in [5.74, 6) is -10.6. The molecule has 0 aliphatic carbocycles. The summed E-state index contributed by atoms with van der Waals surface area (Å²) in [6.45, 7) is -0.999. The number of piperidine rings is 1. The number of carbonyl (C=O) groups is 2. The largest absolute Gasteiger partial charge is 0.465 e. The minimum atomic E-state index is -6.09. The lowest BCUT2D eigenvalue weighted by atomic mass is 9.97. The van der Waals surface area contributed by atoms with Crippen LogP contribution in [0.25, 0.3) is 0 Å². The van der Waals surface area contributed by atoms with Crippen molar-refractivity contribution < 1.29 is 45.8 Å². The average molecular weight is 449 g/mol. The Kier molecular flexibility index (Phi) is 5.45. The minimum Gasteiger partial charge on any atom is -0.462 e. The zero-order valence-corrected chi connectivity index (χ0v) is 16.4. The van der Waals surface area contributed by atoms with E-state index in [1.807, 2.05) is 7.05 Å². The highest BCUT2D eigenvalue weighted by molar-refractivity contribution is 5.81. The summed E-state index contributed by atoms with van der Waals surface area (Å²) in [4.78, 5) is 26.4. The molecule has 4 rings (SSSR count). The number of benzene rings is 1. The third kappa shape index (κ3) is 4.00. The maximum Gasteiger partial charge on any atom is 0.465 e. The van der Waals surface area contributed by atoms with Crippen LogP contribution in [0.4, 0.5) is 22.0 Å². The predicted molar refractivity (Wildman–Crippen MR) is 94.3 cm³/mol. The van der Waals surface area contributed by atoms with E-state index >= 15 is 0 Å².